The smallest absolute Gasteiger partial charge is 0.265 e. The summed E-state index contributed by atoms with van der Waals surface area (Å²) < 4.78 is 1.49. The molecule has 1 aromatic carbocycles. The van der Waals surface area contributed by atoms with Crippen molar-refractivity contribution < 1.29 is 9.90 Å². The highest BCUT2D eigenvalue weighted by Gasteiger charge is 2.20. The minimum atomic E-state index is -0.339. The molecule has 0 spiro atoms. The summed E-state index contributed by atoms with van der Waals surface area (Å²) in [6.45, 7) is 9.72. The van der Waals surface area contributed by atoms with Crippen molar-refractivity contribution in [2.45, 2.75) is 64.6 Å². The van der Waals surface area contributed by atoms with E-state index < -0.39 is 0 Å². The van der Waals surface area contributed by atoms with Gasteiger partial charge < -0.3 is 10.4 Å². The SMILES string of the molecule is CCCCc1c(O)nc(SCC(=O)NC(C)(C)C)n(-c2ccc(C)cc2)c1=O. The minimum Gasteiger partial charge on any atom is -0.493 e. The summed E-state index contributed by atoms with van der Waals surface area (Å²) in [7, 11) is 0. The standard InChI is InChI=1S/C21H29N3O3S/c1-6-7-8-16-18(26)22-20(28-13-17(25)23-21(3,4)5)24(19(16)27)15-11-9-14(2)10-12-15/h9-12,26H,6-8,13H2,1-5H3,(H,23,25). The average molecular weight is 404 g/mol. The van der Waals surface area contributed by atoms with Crippen LogP contribution in [-0.4, -0.2) is 31.9 Å². The van der Waals surface area contributed by atoms with Crippen LogP contribution in [0.2, 0.25) is 0 Å². The molecular weight excluding hydrogens is 374 g/mol. The molecule has 0 saturated heterocycles. The summed E-state index contributed by atoms with van der Waals surface area (Å²) in [6.07, 6.45) is 2.17. The van der Waals surface area contributed by atoms with Crippen molar-refractivity contribution in [3.8, 4) is 11.6 Å². The lowest BCUT2D eigenvalue weighted by molar-refractivity contribution is -0.119. The Hall–Kier alpha value is -2.28. The molecule has 2 aromatic rings. The molecule has 7 heteroatoms. The van der Waals surface area contributed by atoms with Crippen LogP contribution in [0.15, 0.2) is 34.2 Å². The summed E-state index contributed by atoms with van der Waals surface area (Å²) in [5.74, 6) is -0.305. The van der Waals surface area contributed by atoms with Crippen LogP contribution in [0.1, 0.15) is 51.7 Å². The second-order valence-electron chi connectivity index (χ2n) is 7.86. The number of carbonyl (C=O) groups is 1. The summed E-state index contributed by atoms with van der Waals surface area (Å²) in [4.78, 5) is 29.6. The van der Waals surface area contributed by atoms with E-state index in [1.54, 1.807) is 0 Å². The molecule has 0 fully saturated rings. The molecule has 0 saturated carbocycles. The second kappa shape index (κ2) is 9.28. The molecule has 0 aliphatic carbocycles. The topological polar surface area (TPSA) is 84.2 Å². The molecule has 1 aromatic heterocycles. The van der Waals surface area contributed by atoms with Crippen molar-refractivity contribution in [2.24, 2.45) is 0 Å². The molecule has 28 heavy (non-hydrogen) atoms. The van der Waals surface area contributed by atoms with E-state index >= 15 is 0 Å². The van der Waals surface area contributed by atoms with Crippen LogP contribution in [0.4, 0.5) is 0 Å². The largest absolute Gasteiger partial charge is 0.493 e. The second-order valence-corrected chi connectivity index (χ2v) is 8.81. The van der Waals surface area contributed by atoms with Gasteiger partial charge in [0.05, 0.1) is 17.0 Å². The molecule has 2 rings (SSSR count). The number of hydrogen-bond donors (Lipinski definition) is 2. The van der Waals surface area contributed by atoms with E-state index in [0.29, 0.717) is 22.8 Å². The van der Waals surface area contributed by atoms with Gasteiger partial charge in [0.25, 0.3) is 5.56 Å². The molecule has 0 radical (unpaired) electrons. The number of amides is 1. The van der Waals surface area contributed by atoms with Gasteiger partial charge in [-0.15, -0.1) is 0 Å². The first-order chi connectivity index (χ1) is 13.1. The number of hydrogen-bond acceptors (Lipinski definition) is 5. The number of aromatic nitrogens is 2. The van der Waals surface area contributed by atoms with Gasteiger partial charge in [0.15, 0.2) is 5.16 Å². The number of benzene rings is 1. The van der Waals surface area contributed by atoms with Crippen molar-refractivity contribution in [1.29, 1.82) is 0 Å². The lowest BCUT2D eigenvalue weighted by atomic mass is 10.1. The van der Waals surface area contributed by atoms with Crippen LogP contribution in [-0.2, 0) is 11.2 Å². The zero-order valence-electron chi connectivity index (χ0n) is 17.2. The predicted octanol–water partition coefficient (Wildman–Crippen LogP) is 3.60. The molecule has 0 unspecified atom stereocenters. The number of aryl methyl sites for hydroxylation is 1. The third-order valence-corrected chi connectivity index (χ3v) is 4.98. The molecule has 2 N–H and O–H groups in total. The number of carbonyl (C=O) groups excluding carboxylic acids is 1. The van der Waals surface area contributed by atoms with Crippen LogP contribution in [0.25, 0.3) is 5.69 Å². The van der Waals surface area contributed by atoms with Gasteiger partial charge in [0.2, 0.25) is 11.8 Å². The van der Waals surface area contributed by atoms with Crippen molar-refractivity contribution in [1.82, 2.24) is 14.9 Å². The fourth-order valence-corrected chi connectivity index (χ4v) is 3.50. The van der Waals surface area contributed by atoms with Crippen LogP contribution in [0.3, 0.4) is 0 Å². The van der Waals surface area contributed by atoms with E-state index in [2.05, 4.69) is 10.3 Å². The molecular formula is C21H29N3O3S. The fourth-order valence-electron chi connectivity index (χ4n) is 2.70. The van der Waals surface area contributed by atoms with Crippen LogP contribution < -0.4 is 10.9 Å². The third-order valence-electron chi connectivity index (χ3n) is 4.04. The quantitative estimate of drug-likeness (QED) is 0.545. The maximum Gasteiger partial charge on any atom is 0.265 e. The maximum atomic E-state index is 13.1. The molecule has 1 amide bonds. The van der Waals surface area contributed by atoms with E-state index in [-0.39, 0.29) is 28.6 Å². The highest BCUT2D eigenvalue weighted by Crippen LogP contribution is 2.23. The Morgan fingerprint density at radius 3 is 2.46 bits per heavy atom. The Morgan fingerprint density at radius 2 is 1.89 bits per heavy atom. The molecule has 0 aliphatic heterocycles. The van der Waals surface area contributed by atoms with Gasteiger partial charge in [-0.05, 0) is 52.7 Å². The fraction of sp³-hybridized carbons (Fsp3) is 0.476. The molecule has 0 bridgehead atoms. The van der Waals surface area contributed by atoms with E-state index in [1.807, 2.05) is 58.9 Å². The zero-order chi connectivity index (χ0) is 20.9. The number of nitrogens with one attached hydrogen (secondary N) is 1. The Morgan fingerprint density at radius 1 is 1.25 bits per heavy atom. The lowest BCUT2D eigenvalue weighted by Crippen LogP contribution is -2.41. The first-order valence-electron chi connectivity index (χ1n) is 9.48. The summed E-state index contributed by atoms with van der Waals surface area (Å²) in [6, 6.07) is 7.53. The van der Waals surface area contributed by atoms with Gasteiger partial charge in [-0.3, -0.25) is 14.2 Å². The van der Waals surface area contributed by atoms with E-state index in [1.165, 1.54) is 4.57 Å². The molecule has 6 nitrogen and oxygen atoms in total. The Balaban J connectivity index is 2.44. The highest BCUT2D eigenvalue weighted by molar-refractivity contribution is 7.99. The number of rotatable bonds is 7. The predicted molar refractivity (Wildman–Crippen MR) is 113 cm³/mol. The third kappa shape index (κ3) is 5.86. The zero-order valence-corrected chi connectivity index (χ0v) is 18.0. The van der Waals surface area contributed by atoms with Gasteiger partial charge in [0, 0.05) is 5.54 Å². The first kappa shape index (κ1) is 22.0. The van der Waals surface area contributed by atoms with Gasteiger partial charge in [-0.25, -0.2) is 0 Å². The Labute approximate surface area is 170 Å². The van der Waals surface area contributed by atoms with Gasteiger partial charge >= 0.3 is 0 Å². The average Bonchev–Trinajstić information content (AvgIpc) is 2.59. The number of aromatic hydroxyl groups is 1. The molecule has 0 atom stereocenters. The number of nitrogens with zero attached hydrogens (tertiary/aromatic N) is 2. The van der Waals surface area contributed by atoms with Crippen molar-refractivity contribution in [3.05, 3.63) is 45.7 Å². The van der Waals surface area contributed by atoms with Crippen LogP contribution >= 0.6 is 11.8 Å². The summed E-state index contributed by atoms with van der Waals surface area (Å²) in [5.41, 5.74) is 1.43. The van der Waals surface area contributed by atoms with E-state index in [0.717, 1.165) is 30.2 Å². The lowest BCUT2D eigenvalue weighted by Gasteiger charge is -2.20. The molecule has 0 aliphatic rings. The first-order valence-corrected chi connectivity index (χ1v) is 10.5. The highest BCUT2D eigenvalue weighted by atomic mass is 32.2. The Kier molecular flexibility index (Phi) is 7.29. The number of unbranched alkanes of at least 4 members (excludes halogenated alkanes) is 1. The van der Waals surface area contributed by atoms with Gasteiger partial charge in [-0.1, -0.05) is 42.8 Å². The normalized spacial score (nSPS) is 11.5. The van der Waals surface area contributed by atoms with Gasteiger partial charge in [-0.2, -0.15) is 4.98 Å². The van der Waals surface area contributed by atoms with E-state index in [4.69, 9.17) is 0 Å². The van der Waals surface area contributed by atoms with Gasteiger partial charge in [0.1, 0.15) is 0 Å². The minimum absolute atomic E-state index is 0.101. The van der Waals surface area contributed by atoms with Crippen molar-refractivity contribution >= 4 is 17.7 Å². The monoisotopic (exact) mass is 403 g/mol. The summed E-state index contributed by atoms with van der Waals surface area (Å²) >= 11 is 1.14. The van der Waals surface area contributed by atoms with Crippen molar-refractivity contribution in [2.75, 3.05) is 5.75 Å². The van der Waals surface area contributed by atoms with Crippen LogP contribution in [0, 0.1) is 6.92 Å². The molecule has 152 valence electrons. The summed E-state index contributed by atoms with van der Waals surface area (Å²) in [5, 5.41) is 13.5. The maximum absolute atomic E-state index is 13.1. The van der Waals surface area contributed by atoms with E-state index in [9.17, 15) is 14.7 Å². The van der Waals surface area contributed by atoms with Crippen molar-refractivity contribution in [3.63, 3.8) is 0 Å². The molecule has 1 heterocycles. The number of thioether (sulfide) groups is 1. The van der Waals surface area contributed by atoms with Crippen LogP contribution in [0.5, 0.6) is 5.88 Å². The Bertz CT molecular complexity index is 883.